The molecule has 1 atom stereocenters. The molecule has 1 unspecified atom stereocenters. The van der Waals surface area contributed by atoms with Crippen molar-refractivity contribution in [1.82, 2.24) is 14.9 Å². The average Bonchev–Trinajstić information content (AvgIpc) is 2.18. The number of hydrogen-bond acceptors (Lipinski definition) is 5. The second-order valence-corrected chi connectivity index (χ2v) is 4.47. The number of hydrogen-bond donors (Lipinski definition) is 2. The Morgan fingerprint density at radius 2 is 2.27 bits per heavy atom. The van der Waals surface area contributed by atoms with Gasteiger partial charge in [0.2, 0.25) is 5.95 Å². The molecule has 1 rings (SSSR count). The zero-order valence-electron chi connectivity index (χ0n) is 9.16. The van der Waals surface area contributed by atoms with Crippen LogP contribution >= 0.6 is 15.9 Å². The number of nitrogens with two attached hydrogens (primary N) is 1. The smallest absolute Gasteiger partial charge is 0.221 e. The molecule has 0 aliphatic rings. The van der Waals surface area contributed by atoms with Crippen molar-refractivity contribution in [2.24, 2.45) is 0 Å². The molecule has 0 saturated carbocycles. The lowest BCUT2D eigenvalue weighted by Crippen LogP contribution is -2.31. The Balaban J connectivity index is 2.61. The third-order valence-corrected chi connectivity index (χ3v) is 2.79. The first-order valence-electron chi connectivity index (χ1n) is 4.69. The van der Waals surface area contributed by atoms with Crippen LogP contribution in [0.2, 0.25) is 0 Å². The maximum absolute atomic E-state index is 5.50. The van der Waals surface area contributed by atoms with Gasteiger partial charge < -0.3 is 16.0 Å². The Labute approximate surface area is 98.2 Å². The van der Waals surface area contributed by atoms with Crippen LogP contribution in [-0.2, 0) is 0 Å². The van der Waals surface area contributed by atoms with Crippen molar-refractivity contribution in [3.8, 4) is 0 Å². The number of anilines is 2. The van der Waals surface area contributed by atoms with Crippen molar-refractivity contribution in [2.45, 2.75) is 13.0 Å². The molecule has 5 nitrogen and oxygen atoms in total. The molecule has 0 fully saturated rings. The number of rotatable bonds is 4. The van der Waals surface area contributed by atoms with E-state index in [9.17, 15) is 0 Å². The van der Waals surface area contributed by atoms with Gasteiger partial charge in [-0.25, -0.2) is 4.98 Å². The number of nitrogens with one attached hydrogen (secondary N) is 1. The standard InChI is InChI=1S/C9H16BrN5/c1-6(15(2)3)4-12-8-7(10)5-13-9(11)14-8/h5-6H,4H2,1-3H3,(H3,11,12,13,14). The Hall–Kier alpha value is -0.880. The molecule has 1 aromatic heterocycles. The monoisotopic (exact) mass is 273 g/mol. The van der Waals surface area contributed by atoms with Gasteiger partial charge in [0.1, 0.15) is 5.82 Å². The normalized spacial score (nSPS) is 12.9. The molecule has 0 amide bonds. The highest BCUT2D eigenvalue weighted by Crippen LogP contribution is 2.18. The van der Waals surface area contributed by atoms with E-state index in [0.29, 0.717) is 6.04 Å². The third kappa shape index (κ3) is 3.64. The van der Waals surface area contributed by atoms with E-state index in [0.717, 1.165) is 16.8 Å². The Bertz CT molecular complexity index is 328. The summed E-state index contributed by atoms with van der Waals surface area (Å²) in [5.41, 5.74) is 5.50. The molecular formula is C9H16BrN5. The van der Waals surface area contributed by atoms with Gasteiger partial charge in [-0.15, -0.1) is 0 Å². The predicted molar refractivity (Wildman–Crippen MR) is 65.8 cm³/mol. The van der Waals surface area contributed by atoms with Crippen molar-refractivity contribution in [3.63, 3.8) is 0 Å². The van der Waals surface area contributed by atoms with E-state index in [1.165, 1.54) is 0 Å². The van der Waals surface area contributed by atoms with Crippen LogP contribution in [0.4, 0.5) is 11.8 Å². The van der Waals surface area contributed by atoms with Crippen molar-refractivity contribution >= 4 is 27.7 Å². The molecule has 0 radical (unpaired) electrons. The second kappa shape index (κ2) is 5.27. The summed E-state index contributed by atoms with van der Waals surface area (Å²) < 4.78 is 0.822. The highest BCUT2D eigenvalue weighted by Gasteiger charge is 2.07. The number of nitrogens with zero attached hydrogens (tertiary/aromatic N) is 3. The van der Waals surface area contributed by atoms with Crippen molar-refractivity contribution in [3.05, 3.63) is 10.7 Å². The predicted octanol–water partition coefficient (Wildman–Crippen LogP) is 1.18. The SMILES string of the molecule is CC(CNc1nc(N)ncc1Br)N(C)C. The molecule has 0 bridgehead atoms. The Morgan fingerprint density at radius 1 is 1.60 bits per heavy atom. The molecule has 3 N–H and O–H groups in total. The summed E-state index contributed by atoms with van der Waals surface area (Å²) in [5.74, 6) is 1.01. The molecular weight excluding hydrogens is 258 g/mol. The first-order chi connectivity index (χ1) is 7.00. The van der Waals surface area contributed by atoms with Gasteiger partial charge >= 0.3 is 0 Å². The van der Waals surface area contributed by atoms with Crippen LogP contribution in [0.15, 0.2) is 10.7 Å². The van der Waals surface area contributed by atoms with Gasteiger partial charge in [0.25, 0.3) is 0 Å². The van der Waals surface area contributed by atoms with Crippen LogP contribution in [0.5, 0.6) is 0 Å². The molecule has 6 heteroatoms. The summed E-state index contributed by atoms with van der Waals surface area (Å²) >= 11 is 3.36. The first-order valence-corrected chi connectivity index (χ1v) is 5.48. The van der Waals surface area contributed by atoms with E-state index in [2.05, 4.69) is 43.0 Å². The van der Waals surface area contributed by atoms with E-state index in [1.54, 1.807) is 6.20 Å². The molecule has 1 heterocycles. The quantitative estimate of drug-likeness (QED) is 0.863. The number of aromatic nitrogens is 2. The van der Waals surface area contributed by atoms with Gasteiger partial charge in [-0.1, -0.05) is 0 Å². The zero-order valence-corrected chi connectivity index (χ0v) is 10.7. The van der Waals surface area contributed by atoms with E-state index < -0.39 is 0 Å². The lowest BCUT2D eigenvalue weighted by molar-refractivity contribution is 0.326. The first kappa shape index (κ1) is 12.2. The highest BCUT2D eigenvalue weighted by molar-refractivity contribution is 9.10. The molecule has 84 valence electrons. The molecule has 0 aliphatic heterocycles. The molecule has 0 spiro atoms. The molecule has 0 aromatic carbocycles. The number of likely N-dealkylation sites (N-methyl/N-ethyl adjacent to an activating group) is 1. The highest BCUT2D eigenvalue weighted by atomic mass is 79.9. The van der Waals surface area contributed by atoms with Crippen molar-refractivity contribution < 1.29 is 0 Å². The summed E-state index contributed by atoms with van der Waals surface area (Å²) in [6, 6.07) is 0.424. The largest absolute Gasteiger partial charge is 0.368 e. The number of nitrogen functional groups attached to an aromatic ring is 1. The minimum Gasteiger partial charge on any atom is -0.368 e. The van der Waals surface area contributed by atoms with Crippen LogP contribution in [0, 0.1) is 0 Å². The Morgan fingerprint density at radius 3 is 2.87 bits per heavy atom. The van der Waals surface area contributed by atoms with Gasteiger partial charge in [0.05, 0.1) is 4.47 Å². The zero-order chi connectivity index (χ0) is 11.4. The van der Waals surface area contributed by atoms with Gasteiger partial charge in [-0.2, -0.15) is 4.98 Å². The fourth-order valence-electron chi connectivity index (χ4n) is 0.932. The summed E-state index contributed by atoms with van der Waals surface area (Å²) in [6.07, 6.45) is 1.64. The van der Waals surface area contributed by atoms with Gasteiger partial charge in [-0.05, 0) is 36.9 Å². The van der Waals surface area contributed by atoms with Crippen LogP contribution in [0.3, 0.4) is 0 Å². The van der Waals surface area contributed by atoms with Crippen LogP contribution in [0.1, 0.15) is 6.92 Å². The van der Waals surface area contributed by atoms with Gasteiger partial charge in [0.15, 0.2) is 0 Å². The van der Waals surface area contributed by atoms with Crippen LogP contribution in [-0.4, -0.2) is 41.5 Å². The minimum atomic E-state index is 0.276. The fraction of sp³-hybridized carbons (Fsp3) is 0.556. The third-order valence-electron chi connectivity index (χ3n) is 2.21. The Kier molecular flexibility index (Phi) is 4.28. The van der Waals surface area contributed by atoms with Crippen molar-refractivity contribution in [2.75, 3.05) is 31.7 Å². The summed E-state index contributed by atoms with van der Waals surface area (Å²) in [6.45, 7) is 2.94. The summed E-state index contributed by atoms with van der Waals surface area (Å²) in [5, 5.41) is 3.22. The number of halogens is 1. The fourth-order valence-corrected chi connectivity index (χ4v) is 1.26. The summed E-state index contributed by atoms with van der Waals surface area (Å²) in [7, 11) is 4.07. The van der Waals surface area contributed by atoms with E-state index >= 15 is 0 Å². The lowest BCUT2D eigenvalue weighted by atomic mass is 10.3. The second-order valence-electron chi connectivity index (χ2n) is 3.62. The molecule has 0 aliphatic carbocycles. The minimum absolute atomic E-state index is 0.276. The lowest BCUT2D eigenvalue weighted by Gasteiger charge is -2.20. The van der Waals surface area contributed by atoms with Crippen LogP contribution in [0.25, 0.3) is 0 Å². The van der Waals surface area contributed by atoms with E-state index in [1.807, 2.05) is 14.1 Å². The molecule has 0 saturated heterocycles. The average molecular weight is 274 g/mol. The summed E-state index contributed by atoms with van der Waals surface area (Å²) in [4.78, 5) is 10.1. The van der Waals surface area contributed by atoms with E-state index in [-0.39, 0.29) is 5.95 Å². The molecule has 1 aromatic rings. The van der Waals surface area contributed by atoms with Gasteiger partial charge in [0, 0.05) is 18.8 Å². The topological polar surface area (TPSA) is 67.1 Å². The maximum atomic E-state index is 5.50. The van der Waals surface area contributed by atoms with Crippen LogP contribution < -0.4 is 11.1 Å². The molecule has 15 heavy (non-hydrogen) atoms. The van der Waals surface area contributed by atoms with E-state index in [4.69, 9.17) is 5.73 Å². The van der Waals surface area contributed by atoms with Crippen molar-refractivity contribution in [1.29, 1.82) is 0 Å². The maximum Gasteiger partial charge on any atom is 0.221 e. The van der Waals surface area contributed by atoms with Gasteiger partial charge in [-0.3, -0.25) is 0 Å².